The van der Waals surface area contributed by atoms with Gasteiger partial charge in [-0.15, -0.1) is 11.3 Å². The summed E-state index contributed by atoms with van der Waals surface area (Å²) >= 11 is 1.62. The SMILES string of the molecule is Cc1cc2c(NCC(=O)NCc3ccccc3)ncnc2s1. The van der Waals surface area contributed by atoms with E-state index in [1.54, 1.807) is 11.3 Å². The van der Waals surface area contributed by atoms with Crippen LogP contribution in [0.4, 0.5) is 5.82 Å². The first-order valence-corrected chi connectivity index (χ1v) is 7.79. The van der Waals surface area contributed by atoms with Gasteiger partial charge in [-0.25, -0.2) is 9.97 Å². The lowest BCUT2D eigenvalue weighted by molar-refractivity contribution is -0.119. The summed E-state index contributed by atoms with van der Waals surface area (Å²) in [6.07, 6.45) is 1.52. The molecule has 0 fully saturated rings. The third-order valence-electron chi connectivity index (χ3n) is 3.20. The van der Waals surface area contributed by atoms with Gasteiger partial charge in [-0.2, -0.15) is 0 Å². The van der Waals surface area contributed by atoms with E-state index in [2.05, 4.69) is 20.6 Å². The van der Waals surface area contributed by atoms with Gasteiger partial charge in [0, 0.05) is 11.4 Å². The number of aromatic nitrogens is 2. The number of fused-ring (bicyclic) bond motifs is 1. The van der Waals surface area contributed by atoms with Crippen LogP contribution in [-0.4, -0.2) is 22.4 Å². The zero-order valence-electron chi connectivity index (χ0n) is 12.2. The minimum atomic E-state index is -0.0671. The minimum Gasteiger partial charge on any atom is -0.360 e. The van der Waals surface area contributed by atoms with Crippen molar-refractivity contribution in [2.45, 2.75) is 13.5 Å². The summed E-state index contributed by atoms with van der Waals surface area (Å²) in [5.41, 5.74) is 1.08. The molecule has 1 amide bonds. The molecule has 0 saturated heterocycles. The molecule has 0 spiro atoms. The fourth-order valence-corrected chi connectivity index (χ4v) is 2.99. The minimum absolute atomic E-state index is 0.0671. The second-order valence-electron chi connectivity index (χ2n) is 4.91. The predicted octanol–water partition coefficient (Wildman–Crippen LogP) is 2.73. The molecule has 2 N–H and O–H groups in total. The highest BCUT2D eigenvalue weighted by Gasteiger charge is 2.08. The van der Waals surface area contributed by atoms with Crippen LogP contribution in [0.25, 0.3) is 10.2 Å². The molecule has 112 valence electrons. The van der Waals surface area contributed by atoms with Crippen molar-refractivity contribution in [1.29, 1.82) is 0 Å². The molecular weight excluding hydrogens is 296 g/mol. The summed E-state index contributed by atoms with van der Waals surface area (Å²) in [6, 6.07) is 11.9. The normalized spacial score (nSPS) is 10.6. The van der Waals surface area contributed by atoms with Crippen LogP contribution in [0.3, 0.4) is 0 Å². The van der Waals surface area contributed by atoms with Crippen LogP contribution in [0.15, 0.2) is 42.7 Å². The monoisotopic (exact) mass is 312 g/mol. The Morgan fingerprint density at radius 2 is 2.05 bits per heavy atom. The Hall–Kier alpha value is -2.47. The number of nitrogens with zero attached hydrogens (tertiary/aromatic N) is 2. The first kappa shape index (κ1) is 14.5. The van der Waals surface area contributed by atoms with E-state index >= 15 is 0 Å². The van der Waals surface area contributed by atoms with Crippen LogP contribution in [-0.2, 0) is 11.3 Å². The topological polar surface area (TPSA) is 66.9 Å². The molecule has 2 heterocycles. The van der Waals surface area contributed by atoms with E-state index in [4.69, 9.17) is 0 Å². The maximum absolute atomic E-state index is 11.9. The van der Waals surface area contributed by atoms with Crippen molar-refractivity contribution >= 4 is 33.3 Å². The van der Waals surface area contributed by atoms with E-state index in [9.17, 15) is 4.79 Å². The third kappa shape index (κ3) is 3.40. The molecule has 0 aliphatic carbocycles. The fraction of sp³-hybridized carbons (Fsp3) is 0.188. The Balaban J connectivity index is 1.58. The number of thiophene rings is 1. The van der Waals surface area contributed by atoms with Crippen molar-refractivity contribution in [2.75, 3.05) is 11.9 Å². The van der Waals surface area contributed by atoms with Crippen molar-refractivity contribution in [3.63, 3.8) is 0 Å². The highest BCUT2D eigenvalue weighted by atomic mass is 32.1. The second-order valence-corrected chi connectivity index (χ2v) is 6.15. The smallest absolute Gasteiger partial charge is 0.239 e. The van der Waals surface area contributed by atoms with Crippen molar-refractivity contribution in [2.24, 2.45) is 0 Å². The van der Waals surface area contributed by atoms with Crippen molar-refractivity contribution in [3.8, 4) is 0 Å². The van der Waals surface area contributed by atoms with Gasteiger partial charge >= 0.3 is 0 Å². The van der Waals surface area contributed by atoms with Gasteiger partial charge in [-0.05, 0) is 18.6 Å². The molecule has 0 bridgehead atoms. The summed E-state index contributed by atoms with van der Waals surface area (Å²) in [5, 5.41) is 6.92. The zero-order chi connectivity index (χ0) is 15.4. The van der Waals surface area contributed by atoms with E-state index in [1.807, 2.05) is 43.3 Å². The number of carbonyl (C=O) groups is 1. The molecule has 0 aliphatic heterocycles. The van der Waals surface area contributed by atoms with Crippen molar-refractivity contribution in [1.82, 2.24) is 15.3 Å². The van der Waals surface area contributed by atoms with Gasteiger partial charge in [0.05, 0.1) is 11.9 Å². The summed E-state index contributed by atoms with van der Waals surface area (Å²) in [5.74, 6) is 0.631. The van der Waals surface area contributed by atoms with Crippen LogP contribution in [0.1, 0.15) is 10.4 Å². The molecule has 3 aromatic rings. The van der Waals surface area contributed by atoms with Crippen LogP contribution in [0.5, 0.6) is 0 Å². The molecule has 0 unspecified atom stereocenters. The Bertz CT molecular complexity index is 785. The molecular formula is C16H16N4OS. The highest BCUT2D eigenvalue weighted by Crippen LogP contribution is 2.27. The molecule has 22 heavy (non-hydrogen) atoms. The molecule has 1 aromatic carbocycles. The van der Waals surface area contributed by atoms with Crippen LogP contribution in [0, 0.1) is 6.92 Å². The maximum atomic E-state index is 11.9. The number of aryl methyl sites for hydroxylation is 1. The molecule has 0 atom stereocenters. The number of amides is 1. The molecule has 0 aliphatic rings. The second kappa shape index (κ2) is 6.53. The highest BCUT2D eigenvalue weighted by molar-refractivity contribution is 7.18. The number of nitrogens with one attached hydrogen (secondary N) is 2. The van der Waals surface area contributed by atoms with Crippen molar-refractivity contribution in [3.05, 3.63) is 53.2 Å². The van der Waals surface area contributed by atoms with Crippen molar-refractivity contribution < 1.29 is 4.79 Å². The van der Waals surface area contributed by atoms with E-state index < -0.39 is 0 Å². The molecule has 6 heteroatoms. The van der Waals surface area contributed by atoms with E-state index in [-0.39, 0.29) is 12.5 Å². The Morgan fingerprint density at radius 3 is 2.86 bits per heavy atom. The summed E-state index contributed by atoms with van der Waals surface area (Å²) < 4.78 is 0. The summed E-state index contributed by atoms with van der Waals surface area (Å²) in [4.78, 5) is 22.5. The lowest BCUT2D eigenvalue weighted by Crippen LogP contribution is -2.29. The van der Waals surface area contributed by atoms with E-state index in [0.29, 0.717) is 12.4 Å². The van der Waals surface area contributed by atoms with E-state index in [1.165, 1.54) is 11.2 Å². The number of benzene rings is 1. The molecule has 2 aromatic heterocycles. The van der Waals surface area contributed by atoms with Gasteiger partial charge < -0.3 is 10.6 Å². The zero-order valence-corrected chi connectivity index (χ0v) is 13.0. The number of hydrogen-bond donors (Lipinski definition) is 2. The molecule has 0 radical (unpaired) electrons. The van der Waals surface area contributed by atoms with Gasteiger partial charge in [0.1, 0.15) is 17.0 Å². The average molecular weight is 312 g/mol. The number of hydrogen-bond acceptors (Lipinski definition) is 5. The van der Waals surface area contributed by atoms with Crippen LogP contribution < -0.4 is 10.6 Å². The van der Waals surface area contributed by atoms with Crippen LogP contribution >= 0.6 is 11.3 Å². The van der Waals surface area contributed by atoms with Gasteiger partial charge in [0.15, 0.2) is 0 Å². The van der Waals surface area contributed by atoms with Gasteiger partial charge in [-0.3, -0.25) is 4.79 Å². The van der Waals surface area contributed by atoms with Gasteiger partial charge in [-0.1, -0.05) is 30.3 Å². The maximum Gasteiger partial charge on any atom is 0.239 e. The number of anilines is 1. The molecule has 5 nitrogen and oxygen atoms in total. The van der Waals surface area contributed by atoms with Gasteiger partial charge in [0.2, 0.25) is 5.91 Å². The Morgan fingerprint density at radius 1 is 1.23 bits per heavy atom. The Kier molecular flexibility index (Phi) is 4.29. The molecule has 0 saturated carbocycles. The third-order valence-corrected chi connectivity index (χ3v) is 4.16. The summed E-state index contributed by atoms with van der Waals surface area (Å²) in [6.45, 7) is 2.74. The largest absolute Gasteiger partial charge is 0.360 e. The Labute approximate surface area is 132 Å². The average Bonchev–Trinajstić information content (AvgIpc) is 2.92. The summed E-state index contributed by atoms with van der Waals surface area (Å²) in [7, 11) is 0. The molecule has 3 rings (SSSR count). The fourth-order valence-electron chi connectivity index (χ4n) is 2.14. The predicted molar refractivity (Wildman–Crippen MR) is 88.9 cm³/mol. The first-order valence-electron chi connectivity index (χ1n) is 6.98. The van der Waals surface area contributed by atoms with E-state index in [0.717, 1.165) is 15.8 Å². The first-order chi connectivity index (χ1) is 10.7. The number of carbonyl (C=O) groups excluding carboxylic acids is 1. The lowest BCUT2D eigenvalue weighted by Gasteiger charge is -2.07. The van der Waals surface area contributed by atoms with Gasteiger partial charge in [0.25, 0.3) is 0 Å². The van der Waals surface area contributed by atoms with Crippen LogP contribution in [0.2, 0.25) is 0 Å². The standard InChI is InChI=1S/C16H16N4OS/c1-11-7-13-15(19-10-20-16(13)22-11)18-9-14(21)17-8-12-5-3-2-4-6-12/h2-7,10H,8-9H2,1H3,(H,17,21)(H,18,19,20). The quantitative estimate of drug-likeness (QED) is 0.760. The number of rotatable bonds is 5. The lowest BCUT2D eigenvalue weighted by atomic mass is 10.2.